The van der Waals surface area contributed by atoms with Crippen LogP contribution in [0.1, 0.15) is 12.8 Å². The maximum Gasteiger partial charge on any atom is 0.276 e. The van der Waals surface area contributed by atoms with E-state index in [9.17, 15) is 8.42 Å². The Bertz CT molecular complexity index is 292. The van der Waals surface area contributed by atoms with Gasteiger partial charge in [0.05, 0.1) is 0 Å². The molecule has 1 saturated heterocycles. The fraction of sp³-hybridized carbons (Fsp3) is 1.00. The molecular formula is C8H17N3O2S. The van der Waals surface area contributed by atoms with E-state index in [1.54, 1.807) is 0 Å². The van der Waals surface area contributed by atoms with Crippen LogP contribution in [-0.2, 0) is 10.2 Å². The Balaban J connectivity index is 1.79. The van der Waals surface area contributed by atoms with E-state index >= 15 is 0 Å². The highest BCUT2D eigenvalue weighted by molar-refractivity contribution is 7.86. The highest BCUT2D eigenvalue weighted by Crippen LogP contribution is 2.29. The largest absolute Gasteiger partial charge is 0.300 e. The first-order valence-electron chi connectivity index (χ1n) is 5.06. The standard InChI is InChI=1S/C8H17N3O2S/c9-14(12,13)11-5-3-10(4-6-11)7-8-1-2-8/h8H,1-7H2,(H2,9,12,13). The summed E-state index contributed by atoms with van der Waals surface area (Å²) < 4.78 is 23.4. The van der Waals surface area contributed by atoms with Gasteiger partial charge in [-0.3, -0.25) is 0 Å². The smallest absolute Gasteiger partial charge is 0.276 e. The number of nitrogens with zero attached hydrogens (tertiary/aromatic N) is 2. The van der Waals surface area contributed by atoms with Crippen LogP contribution >= 0.6 is 0 Å². The highest BCUT2D eigenvalue weighted by atomic mass is 32.2. The maximum atomic E-state index is 11.0. The molecule has 2 rings (SSSR count). The minimum Gasteiger partial charge on any atom is -0.300 e. The molecule has 14 heavy (non-hydrogen) atoms. The van der Waals surface area contributed by atoms with E-state index in [-0.39, 0.29) is 0 Å². The molecule has 2 fully saturated rings. The average Bonchev–Trinajstić information content (AvgIpc) is 2.88. The summed E-state index contributed by atoms with van der Waals surface area (Å²) in [5.74, 6) is 0.871. The summed E-state index contributed by atoms with van der Waals surface area (Å²) in [7, 11) is -3.46. The minimum atomic E-state index is -3.46. The molecule has 1 aliphatic carbocycles. The third-order valence-corrected chi connectivity index (χ3v) is 3.99. The molecule has 0 amide bonds. The van der Waals surface area contributed by atoms with Gasteiger partial charge in [-0.25, -0.2) is 5.14 Å². The quantitative estimate of drug-likeness (QED) is 0.677. The van der Waals surface area contributed by atoms with E-state index < -0.39 is 10.2 Å². The third kappa shape index (κ3) is 2.66. The maximum absolute atomic E-state index is 11.0. The van der Waals surface area contributed by atoms with Crippen LogP contribution in [-0.4, -0.2) is 50.3 Å². The fourth-order valence-electron chi connectivity index (χ4n) is 1.83. The normalized spacial score (nSPS) is 26.6. The summed E-state index contributed by atoms with van der Waals surface area (Å²) in [5, 5.41) is 5.05. The molecule has 1 heterocycles. The number of nitrogens with two attached hydrogens (primary N) is 1. The van der Waals surface area contributed by atoms with Gasteiger partial charge >= 0.3 is 0 Å². The van der Waals surface area contributed by atoms with E-state index in [1.807, 2.05) is 0 Å². The summed E-state index contributed by atoms with van der Waals surface area (Å²) in [6, 6.07) is 0. The molecule has 0 radical (unpaired) electrons. The van der Waals surface area contributed by atoms with Crippen molar-refractivity contribution in [2.24, 2.45) is 11.1 Å². The first-order chi connectivity index (χ1) is 6.55. The number of hydrogen-bond donors (Lipinski definition) is 1. The van der Waals surface area contributed by atoms with Gasteiger partial charge in [0.2, 0.25) is 0 Å². The predicted molar refractivity (Wildman–Crippen MR) is 53.8 cm³/mol. The Hall–Kier alpha value is -0.170. The number of rotatable bonds is 3. The Morgan fingerprint density at radius 2 is 1.71 bits per heavy atom. The molecule has 2 N–H and O–H groups in total. The van der Waals surface area contributed by atoms with Crippen LogP contribution in [0, 0.1) is 5.92 Å². The molecule has 0 aromatic rings. The number of hydrogen-bond acceptors (Lipinski definition) is 3. The summed E-state index contributed by atoms with van der Waals surface area (Å²) in [4.78, 5) is 2.33. The van der Waals surface area contributed by atoms with Crippen LogP contribution in [0.4, 0.5) is 0 Å². The molecule has 5 nitrogen and oxygen atoms in total. The van der Waals surface area contributed by atoms with Gasteiger partial charge in [0.25, 0.3) is 10.2 Å². The van der Waals surface area contributed by atoms with Gasteiger partial charge in [0.1, 0.15) is 0 Å². The van der Waals surface area contributed by atoms with E-state index in [0.717, 1.165) is 25.6 Å². The summed E-state index contributed by atoms with van der Waals surface area (Å²) in [5.41, 5.74) is 0. The Morgan fingerprint density at radius 3 is 2.14 bits per heavy atom. The summed E-state index contributed by atoms with van der Waals surface area (Å²) in [6.45, 7) is 3.88. The summed E-state index contributed by atoms with van der Waals surface area (Å²) in [6.07, 6.45) is 2.69. The molecule has 1 aliphatic heterocycles. The van der Waals surface area contributed by atoms with Crippen LogP contribution in [0.15, 0.2) is 0 Å². The van der Waals surface area contributed by atoms with Crippen LogP contribution in [0.3, 0.4) is 0 Å². The lowest BCUT2D eigenvalue weighted by Crippen LogP contribution is -2.50. The second-order valence-corrected chi connectivity index (χ2v) is 5.73. The third-order valence-electron chi connectivity index (χ3n) is 2.90. The molecule has 0 aromatic heterocycles. The van der Waals surface area contributed by atoms with Crippen molar-refractivity contribution in [3.05, 3.63) is 0 Å². The van der Waals surface area contributed by atoms with Crippen molar-refractivity contribution in [2.75, 3.05) is 32.7 Å². The van der Waals surface area contributed by atoms with E-state index in [0.29, 0.717) is 13.1 Å². The second kappa shape index (κ2) is 3.77. The van der Waals surface area contributed by atoms with Gasteiger partial charge in [-0.1, -0.05) is 0 Å². The topological polar surface area (TPSA) is 66.6 Å². The lowest BCUT2D eigenvalue weighted by atomic mass is 10.3. The first kappa shape index (κ1) is 10.4. The zero-order valence-electron chi connectivity index (χ0n) is 8.22. The molecule has 0 spiro atoms. The van der Waals surface area contributed by atoms with Crippen LogP contribution in [0.2, 0.25) is 0 Å². The molecule has 0 atom stereocenters. The minimum absolute atomic E-state index is 0.547. The van der Waals surface area contributed by atoms with Crippen molar-refractivity contribution >= 4 is 10.2 Å². The average molecular weight is 219 g/mol. The summed E-state index contributed by atoms with van der Waals surface area (Å²) >= 11 is 0. The van der Waals surface area contributed by atoms with Crippen molar-refractivity contribution in [3.8, 4) is 0 Å². The van der Waals surface area contributed by atoms with Crippen LogP contribution in [0.25, 0.3) is 0 Å². The zero-order valence-corrected chi connectivity index (χ0v) is 9.04. The predicted octanol–water partition coefficient (Wildman–Crippen LogP) is -0.782. The van der Waals surface area contributed by atoms with Gasteiger partial charge in [0, 0.05) is 32.7 Å². The molecule has 0 unspecified atom stereocenters. The van der Waals surface area contributed by atoms with Gasteiger partial charge in [0.15, 0.2) is 0 Å². The SMILES string of the molecule is NS(=O)(=O)N1CCN(CC2CC2)CC1. The van der Waals surface area contributed by atoms with E-state index in [1.165, 1.54) is 17.1 Å². The first-order valence-corrected chi connectivity index (χ1v) is 6.56. The second-order valence-electron chi connectivity index (χ2n) is 4.19. The van der Waals surface area contributed by atoms with Crippen molar-refractivity contribution in [1.82, 2.24) is 9.21 Å². The highest BCUT2D eigenvalue weighted by Gasteiger charge is 2.28. The molecule has 1 saturated carbocycles. The molecule has 82 valence electrons. The van der Waals surface area contributed by atoms with E-state index in [4.69, 9.17) is 5.14 Å². The van der Waals surface area contributed by atoms with Crippen molar-refractivity contribution in [1.29, 1.82) is 0 Å². The Labute approximate surface area is 85.0 Å². The van der Waals surface area contributed by atoms with Gasteiger partial charge < -0.3 is 4.90 Å². The van der Waals surface area contributed by atoms with Crippen molar-refractivity contribution in [3.63, 3.8) is 0 Å². The fourth-order valence-corrected chi connectivity index (χ4v) is 2.50. The molecule has 0 bridgehead atoms. The van der Waals surface area contributed by atoms with Crippen LogP contribution < -0.4 is 5.14 Å². The zero-order chi connectivity index (χ0) is 10.2. The molecule has 6 heteroatoms. The molecular weight excluding hydrogens is 202 g/mol. The molecule has 0 aromatic carbocycles. The van der Waals surface area contributed by atoms with Crippen molar-refractivity contribution in [2.45, 2.75) is 12.8 Å². The van der Waals surface area contributed by atoms with E-state index in [2.05, 4.69) is 4.90 Å². The van der Waals surface area contributed by atoms with Gasteiger partial charge in [-0.15, -0.1) is 0 Å². The van der Waals surface area contributed by atoms with Gasteiger partial charge in [-0.2, -0.15) is 12.7 Å². The lowest BCUT2D eigenvalue weighted by molar-refractivity contribution is 0.182. The van der Waals surface area contributed by atoms with Gasteiger partial charge in [-0.05, 0) is 18.8 Å². The van der Waals surface area contributed by atoms with Crippen LogP contribution in [0.5, 0.6) is 0 Å². The monoisotopic (exact) mass is 219 g/mol. The Morgan fingerprint density at radius 1 is 1.14 bits per heavy atom. The number of piperazine rings is 1. The van der Waals surface area contributed by atoms with Crippen molar-refractivity contribution < 1.29 is 8.42 Å². The molecule has 2 aliphatic rings. The Kier molecular flexibility index (Phi) is 2.79. The lowest BCUT2D eigenvalue weighted by Gasteiger charge is -2.32.